The summed E-state index contributed by atoms with van der Waals surface area (Å²) in [6.45, 7) is 22.3. The number of pyridine rings is 2. The van der Waals surface area contributed by atoms with Crippen molar-refractivity contribution in [3.05, 3.63) is 154 Å². The van der Waals surface area contributed by atoms with Crippen molar-refractivity contribution in [1.29, 1.82) is 0 Å². The fourth-order valence-corrected chi connectivity index (χ4v) is 9.47. The van der Waals surface area contributed by atoms with Crippen molar-refractivity contribution in [3.63, 3.8) is 0 Å². The molecular weight excluding hydrogens is 1040 g/mol. The SMILES string of the molecule is CCOC(=O)c1cn([C@H](CO)C(C)C)c2cc(OC)c(Cc3cccc(Cl)c3F)cc2c1=O.CCOC(=O)c1cn([C@H](CO[Si](C)(C)C(C)(C)C)C(C)C)c2cc(F)c(Cc3cccc(Cl)c3F)cc2c1=O.C[O-].[Na+]. The predicted molar refractivity (Wildman–Crippen MR) is 287 cm³/mol. The normalized spacial score (nSPS) is 12.3. The molecule has 0 aliphatic carbocycles. The summed E-state index contributed by atoms with van der Waals surface area (Å²) in [7, 11) is 0.103. The molecule has 2 heterocycles. The van der Waals surface area contributed by atoms with Crippen LogP contribution in [0.4, 0.5) is 13.2 Å². The standard InChI is InChI=1S/C30H38ClF2NO4Si.C25H27ClFNO5.CH3O.Na/c1-9-37-29(36)22-16-34(26(18(2)3)17-38-39(7,8)30(4,5)6)25-15-24(32)20(14-21(25)28(22)35)13-19-11-10-12-23(31)27(19)33;1-5-33-25(31)18-12-28(21(13-29)14(2)3)20-11-22(32-4)16(10-17(20)24(18)30)9-15-7-6-8-19(26)23(15)27;1-2;/h10-12,14-16,18,26H,9,13,17H2,1-8H3;6-8,10-12,14,21,29H,5,9,13H2,1-4H3;1H3;/q;;-1;+1/t26-;21-;;/m11../s1. The number of carbonyl (C=O) groups excluding carboxylic acids is 2. The maximum Gasteiger partial charge on any atom is 1.00 e. The Bertz CT molecular complexity index is 3090. The molecule has 0 saturated heterocycles. The van der Waals surface area contributed by atoms with Crippen molar-refractivity contribution in [2.24, 2.45) is 11.8 Å². The fraction of sp³-hybridized carbons (Fsp3) is 0.429. The molecule has 12 nitrogen and oxygen atoms in total. The number of fused-ring (bicyclic) bond motifs is 2. The number of ether oxygens (including phenoxy) is 3. The predicted octanol–water partition coefficient (Wildman–Crippen LogP) is 8.66. The molecule has 0 aliphatic heterocycles. The van der Waals surface area contributed by atoms with Gasteiger partial charge in [-0.05, 0) is 96.4 Å². The van der Waals surface area contributed by atoms with Gasteiger partial charge in [0.25, 0.3) is 0 Å². The van der Waals surface area contributed by atoms with Crippen LogP contribution in [0.2, 0.25) is 28.2 Å². The molecule has 19 heteroatoms. The second-order valence-corrected chi connectivity index (χ2v) is 25.4. The van der Waals surface area contributed by atoms with E-state index >= 15 is 4.39 Å². The number of esters is 2. The van der Waals surface area contributed by atoms with E-state index in [0.717, 1.165) is 7.11 Å². The molecule has 0 radical (unpaired) electrons. The molecule has 402 valence electrons. The van der Waals surface area contributed by atoms with Crippen molar-refractivity contribution in [2.45, 2.75) is 105 Å². The Morgan fingerprint density at radius 2 is 1.13 bits per heavy atom. The average molecular weight is 1110 g/mol. The number of aliphatic hydroxyl groups excluding tert-OH is 1. The summed E-state index contributed by atoms with van der Waals surface area (Å²) in [5, 5.41) is 18.6. The van der Waals surface area contributed by atoms with E-state index in [0.29, 0.717) is 34.5 Å². The van der Waals surface area contributed by atoms with E-state index in [4.69, 9.17) is 46.9 Å². The number of methoxy groups -OCH3 is 1. The van der Waals surface area contributed by atoms with E-state index in [1.54, 1.807) is 53.3 Å². The second kappa shape index (κ2) is 28.2. The maximum atomic E-state index is 15.5. The summed E-state index contributed by atoms with van der Waals surface area (Å²) < 4.78 is 70.5. The Morgan fingerprint density at radius 3 is 1.55 bits per heavy atom. The topological polar surface area (TPSA) is 158 Å². The van der Waals surface area contributed by atoms with Crippen LogP contribution in [0.25, 0.3) is 21.8 Å². The summed E-state index contributed by atoms with van der Waals surface area (Å²) in [6.07, 6.45) is 2.90. The number of nitrogens with zero attached hydrogens (tertiary/aromatic N) is 2. The van der Waals surface area contributed by atoms with E-state index in [1.165, 1.54) is 49.8 Å². The molecule has 2 aromatic heterocycles. The van der Waals surface area contributed by atoms with Crippen molar-refractivity contribution in [1.82, 2.24) is 9.13 Å². The summed E-state index contributed by atoms with van der Waals surface area (Å²) in [5.74, 6) is -2.79. The minimum Gasteiger partial charge on any atom is -0.857 e. The number of hydrogen-bond donors (Lipinski definition) is 1. The monoisotopic (exact) mass is 1110 g/mol. The van der Waals surface area contributed by atoms with Gasteiger partial charge in [-0.2, -0.15) is 7.11 Å². The molecular formula is C56H68Cl2F3N2NaO10Si. The van der Waals surface area contributed by atoms with Crippen LogP contribution in [0, 0.1) is 29.3 Å². The number of hydrogen-bond acceptors (Lipinski definition) is 10. The number of rotatable bonds is 17. The van der Waals surface area contributed by atoms with E-state index in [1.807, 2.05) is 27.7 Å². The Kier molecular flexibility index (Phi) is 24.4. The molecule has 0 bridgehead atoms. The van der Waals surface area contributed by atoms with Crippen LogP contribution in [0.1, 0.15) is 117 Å². The van der Waals surface area contributed by atoms with E-state index < -0.39 is 54.6 Å². The number of carbonyl (C=O) groups is 2. The first-order valence-corrected chi connectivity index (χ1v) is 28.0. The Labute approximate surface area is 470 Å². The third kappa shape index (κ3) is 15.2. The van der Waals surface area contributed by atoms with Crippen LogP contribution in [-0.2, 0) is 26.7 Å². The Balaban J connectivity index is 0.000000382. The molecule has 0 saturated carbocycles. The quantitative estimate of drug-likeness (QED) is 0.0693. The minimum atomic E-state index is -2.13. The van der Waals surface area contributed by atoms with E-state index in [9.17, 15) is 33.1 Å². The third-order valence-electron chi connectivity index (χ3n) is 13.3. The van der Waals surface area contributed by atoms with Gasteiger partial charge in [0.05, 0.1) is 66.7 Å². The van der Waals surface area contributed by atoms with Crippen molar-refractivity contribution >= 4 is 65.3 Å². The Morgan fingerprint density at radius 1 is 0.707 bits per heavy atom. The zero-order valence-electron chi connectivity index (χ0n) is 45.4. The van der Waals surface area contributed by atoms with Gasteiger partial charge >= 0.3 is 41.5 Å². The number of halogens is 5. The van der Waals surface area contributed by atoms with Gasteiger partial charge in [-0.15, -0.1) is 0 Å². The number of benzene rings is 4. The van der Waals surface area contributed by atoms with Gasteiger partial charge in [0.2, 0.25) is 10.9 Å². The van der Waals surface area contributed by atoms with Gasteiger partial charge in [0.1, 0.15) is 34.3 Å². The van der Waals surface area contributed by atoms with Gasteiger partial charge in [0.15, 0.2) is 8.32 Å². The van der Waals surface area contributed by atoms with Gasteiger partial charge in [0, 0.05) is 42.1 Å². The second-order valence-electron chi connectivity index (χ2n) is 19.8. The van der Waals surface area contributed by atoms with Crippen LogP contribution in [0.3, 0.4) is 0 Å². The molecule has 75 heavy (non-hydrogen) atoms. The van der Waals surface area contributed by atoms with Crippen LogP contribution >= 0.6 is 23.2 Å². The maximum absolute atomic E-state index is 15.5. The van der Waals surface area contributed by atoms with Crippen LogP contribution in [0.5, 0.6) is 5.75 Å². The average Bonchev–Trinajstić information content (AvgIpc) is 3.34. The smallest absolute Gasteiger partial charge is 0.857 e. The molecule has 0 aliphatic rings. The van der Waals surface area contributed by atoms with Crippen LogP contribution in [0.15, 0.2) is 82.6 Å². The van der Waals surface area contributed by atoms with Gasteiger partial charge in [-0.1, -0.05) is 95.9 Å². The third-order valence-corrected chi connectivity index (χ3v) is 18.4. The zero-order chi connectivity index (χ0) is 55.6. The fourth-order valence-electron chi connectivity index (χ4n) is 8.06. The summed E-state index contributed by atoms with van der Waals surface area (Å²) in [6, 6.07) is 14.5. The molecule has 1 N–H and O–H groups in total. The summed E-state index contributed by atoms with van der Waals surface area (Å²) in [4.78, 5) is 52.2. The molecule has 0 fully saturated rings. The largest absolute Gasteiger partial charge is 1.00 e. The molecule has 0 unspecified atom stereocenters. The van der Waals surface area contributed by atoms with Crippen molar-refractivity contribution in [2.75, 3.05) is 40.6 Å². The first-order valence-electron chi connectivity index (χ1n) is 24.3. The molecule has 6 aromatic rings. The summed E-state index contributed by atoms with van der Waals surface area (Å²) in [5.41, 5.74) is 0.695. The summed E-state index contributed by atoms with van der Waals surface area (Å²) >= 11 is 11.8. The van der Waals surface area contributed by atoms with E-state index in [2.05, 4.69) is 33.9 Å². The van der Waals surface area contributed by atoms with Gasteiger partial charge in [-0.25, -0.2) is 22.8 Å². The molecule has 2 atom stereocenters. The molecule has 6 rings (SSSR count). The van der Waals surface area contributed by atoms with Crippen molar-refractivity contribution < 1.29 is 81.2 Å². The zero-order valence-corrected chi connectivity index (χ0v) is 49.9. The first kappa shape index (κ1) is 64.8. The minimum absolute atomic E-state index is 0. The first-order chi connectivity index (χ1) is 34.8. The van der Waals surface area contributed by atoms with Crippen molar-refractivity contribution in [3.8, 4) is 5.75 Å². The van der Waals surface area contributed by atoms with E-state index in [-0.39, 0.29) is 128 Å². The van der Waals surface area contributed by atoms with Gasteiger partial charge < -0.3 is 38.0 Å². The van der Waals surface area contributed by atoms with Gasteiger partial charge in [-0.3, -0.25) is 9.59 Å². The number of aliphatic hydroxyl groups is 1. The Hall–Kier alpha value is -4.49. The van der Waals surface area contributed by atoms with Crippen LogP contribution in [-0.4, -0.2) is 75.1 Å². The molecule has 4 aromatic carbocycles. The molecule has 0 amide bonds. The molecule has 0 spiro atoms. The van der Waals surface area contributed by atoms with Crippen LogP contribution < -0.4 is 50.3 Å². The number of aromatic nitrogens is 2.